The summed E-state index contributed by atoms with van der Waals surface area (Å²) in [7, 11) is 1.96. The number of benzene rings is 2. The summed E-state index contributed by atoms with van der Waals surface area (Å²) in [5.74, 6) is 0.612. The highest BCUT2D eigenvalue weighted by Crippen LogP contribution is 2.37. The van der Waals surface area contributed by atoms with Gasteiger partial charge in [0.25, 0.3) is 0 Å². The van der Waals surface area contributed by atoms with Crippen LogP contribution in [0.25, 0.3) is 22.2 Å². The van der Waals surface area contributed by atoms with Crippen molar-refractivity contribution in [2.24, 2.45) is 7.05 Å². The molecule has 0 aliphatic carbocycles. The first-order chi connectivity index (χ1) is 14.5. The van der Waals surface area contributed by atoms with Crippen molar-refractivity contribution < 1.29 is 4.79 Å². The van der Waals surface area contributed by atoms with Crippen molar-refractivity contribution >= 4 is 28.4 Å². The molecule has 0 spiro atoms. The molecule has 2 aromatic heterocycles. The van der Waals surface area contributed by atoms with Gasteiger partial charge in [0.05, 0.1) is 11.8 Å². The number of carbonyl (C=O) groups is 1. The number of rotatable bonds is 3. The molecule has 4 aromatic rings. The van der Waals surface area contributed by atoms with Crippen molar-refractivity contribution in [1.29, 1.82) is 0 Å². The minimum absolute atomic E-state index is 0.134. The SMILES string of the molecule is Cc1cccc(CC(=O)N2CCc3cc(-c4cn(C)c5ncnc(N)c45)ccc32)c1. The molecule has 0 bridgehead atoms. The van der Waals surface area contributed by atoms with E-state index >= 15 is 0 Å². The molecule has 0 atom stereocenters. The van der Waals surface area contributed by atoms with Crippen LogP contribution in [0.5, 0.6) is 0 Å². The van der Waals surface area contributed by atoms with Crippen molar-refractivity contribution in [2.45, 2.75) is 19.8 Å². The predicted octanol–water partition coefficient (Wildman–Crippen LogP) is 3.66. The normalized spacial score (nSPS) is 13.1. The number of aromatic nitrogens is 3. The number of carbonyl (C=O) groups excluding carboxylic acids is 1. The molecule has 0 unspecified atom stereocenters. The summed E-state index contributed by atoms with van der Waals surface area (Å²) in [4.78, 5) is 23.4. The monoisotopic (exact) mass is 397 g/mol. The Morgan fingerprint density at radius 2 is 2.03 bits per heavy atom. The fourth-order valence-electron chi connectivity index (χ4n) is 4.37. The van der Waals surface area contributed by atoms with E-state index in [1.54, 1.807) is 0 Å². The van der Waals surface area contributed by atoms with Crippen LogP contribution in [0.4, 0.5) is 11.5 Å². The van der Waals surface area contributed by atoms with Gasteiger partial charge in [-0.15, -0.1) is 0 Å². The zero-order chi connectivity index (χ0) is 20.8. The molecule has 1 aliphatic heterocycles. The Balaban J connectivity index is 1.47. The van der Waals surface area contributed by atoms with Crippen molar-refractivity contribution in [3.8, 4) is 11.1 Å². The number of nitrogens with two attached hydrogens (primary N) is 1. The summed E-state index contributed by atoms with van der Waals surface area (Å²) < 4.78 is 1.97. The maximum atomic E-state index is 13.0. The van der Waals surface area contributed by atoms with Crippen LogP contribution in [0.3, 0.4) is 0 Å². The fraction of sp³-hybridized carbons (Fsp3) is 0.208. The number of nitrogen functional groups attached to an aromatic ring is 1. The second kappa shape index (κ2) is 6.99. The van der Waals surface area contributed by atoms with Gasteiger partial charge in [-0.2, -0.15) is 0 Å². The van der Waals surface area contributed by atoms with Gasteiger partial charge in [0.1, 0.15) is 17.8 Å². The number of amides is 1. The highest BCUT2D eigenvalue weighted by atomic mass is 16.2. The second-order valence-electron chi connectivity index (χ2n) is 7.92. The van der Waals surface area contributed by atoms with Crippen molar-refractivity contribution in [1.82, 2.24) is 14.5 Å². The molecule has 6 heteroatoms. The van der Waals surface area contributed by atoms with E-state index in [1.807, 2.05) is 53.9 Å². The average Bonchev–Trinajstić information content (AvgIpc) is 3.30. The second-order valence-corrected chi connectivity index (χ2v) is 7.92. The van der Waals surface area contributed by atoms with E-state index in [0.717, 1.165) is 39.8 Å². The van der Waals surface area contributed by atoms with Crippen LogP contribution >= 0.6 is 0 Å². The molecule has 0 saturated heterocycles. The van der Waals surface area contributed by atoms with Gasteiger partial charge in [0.15, 0.2) is 0 Å². The lowest BCUT2D eigenvalue weighted by molar-refractivity contribution is -0.117. The maximum absolute atomic E-state index is 13.0. The van der Waals surface area contributed by atoms with Gasteiger partial charge in [0, 0.05) is 31.0 Å². The minimum Gasteiger partial charge on any atom is -0.383 e. The molecule has 2 N–H and O–H groups in total. The molecule has 5 rings (SSSR count). The minimum atomic E-state index is 0.134. The van der Waals surface area contributed by atoms with Gasteiger partial charge in [-0.05, 0) is 42.2 Å². The summed E-state index contributed by atoms with van der Waals surface area (Å²) >= 11 is 0. The summed E-state index contributed by atoms with van der Waals surface area (Å²) in [5.41, 5.74) is 13.4. The molecule has 1 aliphatic rings. The van der Waals surface area contributed by atoms with E-state index in [4.69, 9.17) is 5.73 Å². The third-order valence-corrected chi connectivity index (χ3v) is 5.81. The fourth-order valence-corrected chi connectivity index (χ4v) is 4.37. The van der Waals surface area contributed by atoms with E-state index in [2.05, 4.69) is 28.2 Å². The molecule has 6 nitrogen and oxygen atoms in total. The van der Waals surface area contributed by atoms with E-state index in [0.29, 0.717) is 18.8 Å². The third kappa shape index (κ3) is 3.01. The van der Waals surface area contributed by atoms with Gasteiger partial charge in [-0.3, -0.25) is 4.79 Å². The van der Waals surface area contributed by atoms with Crippen LogP contribution in [0.15, 0.2) is 55.0 Å². The molecule has 150 valence electrons. The Bertz CT molecular complexity index is 1290. The topological polar surface area (TPSA) is 77.0 Å². The average molecular weight is 397 g/mol. The number of fused-ring (bicyclic) bond motifs is 2. The smallest absolute Gasteiger partial charge is 0.231 e. The van der Waals surface area contributed by atoms with E-state index in [-0.39, 0.29) is 5.91 Å². The zero-order valence-corrected chi connectivity index (χ0v) is 17.1. The summed E-state index contributed by atoms with van der Waals surface area (Å²) in [5, 5.41) is 0.866. The third-order valence-electron chi connectivity index (χ3n) is 5.81. The predicted molar refractivity (Wildman–Crippen MR) is 119 cm³/mol. The van der Waals surface area contributed by atoms with Gasteiger partial charge >= 0.3 is 0 Å². The molecule has 2 aromatic carbocycles. The first-order valence-electron chi connectivity index (χ1n) is 10.1. The van der Waals surface area contributed by atoms with Crippen LogP contribution in [-0.2, 0) is 24.7 Å². The Labute approximate surface area is 175 Å². The first kappa shape index (κ1) is 18.4. The molecule has 0 radical (unpaired) electrons. The zero-order valence-electron chi connectivity index (χ0n) is 17.1. The Hall–Kier alpha value is -3.67. The molecule has 3 heterocycles. The van der Waals surface area contributed by atoms with Crippen LogP contribution < -0.4 is 10.6 Å². The quantitative estimate of drug-likeness (QED) is 0.572. The molecule has 1 amide bonds. The lowest BCUT2D eigenvalue weighted by atomic mass is 10.0. The lowest BCUT2D eigenvalue weighted by Gasteiger charge is -2.18. The van der Waals surface area contributed by atoms with Crippen LogP contribution in [0.1, 0.15) is 16.7 Å². The lowest BCUT2D eigenvalue weighted by Crippen LogP contribution is -2.30. The van der Waals surface area contributed by atoms with Crippen LogP contribution in [0, 0.1) is 6.92 Å². The largest absolute Gasteiger partial charge is 0.383 e. The summed E-state index contributed by atoms with van der Waals surface area (Å²) in [6.07, 6.45) is 4.79. The number of aryl methyl sites for hydroxylation is 2. The highest BCUT2D eigenvalue weighted by molar-refractivity contribution is 6.02. The molecular formula is C24H23N5O. The van der Waals surface area contributed by atoms with Crippen molar-refractivity contribution in [3.05, 3.63) is 71.7 Å². The van der Waals surface area contributed by atoms with Gasteiger partial charge in [-0.25, -0.2) is 9.97 Å². The van der Waals surface area contributed by atoms with E-state index < -0.39 is 0 Å². The summed E-state index contributed by atoms with van der Waals surface area (Å²) in [6, 6.07) is 14.4. The van der Waals surface area contributed by atoms with Crippen LogP contribution in [-0.4, -0.2) is 27.0 Å². The Kier molecular flexibility index (Phi) is 4.28. The maximum Gasteiger partial charge on any atom is 0.231 e. The molecular weight excluding hydrogens is 374 g/mol. The number of anilines is 2. The molecule has 0 fully saturated rings. The van der Waals surface area contributed by atoms with Gasteiger partial charge in [0.2, 0.25) is 5.91 Å². The highest BCUT2D eigenvalue weighted by Gasteiger charge is 2.25. The molecule has 0 saturated carbocycles. The van der Waals surface area contributed by atoms with Gasteiger partial charge in [-0.1, -0.05) is 35.9 Å². The number of hydrogen-bond donors (Lipinski definition) is 1. The van der Waals surface area contributed by atoms with Crippen molar-refractivity contribution in [2.75, 3.05) is 17.2 Å². The van der Waals surface area contributed by atoms with Crippen LogP contribution in [0.2, 0.25) is 0 Å². The molecule has 30 heavy (non-hydrogen) atoms. The summed E-state index contributed by atoms with van der Waals surface area (Å²) in [6.45, 7) is 2.76. The number of nitrogens with zero attached hydrogens (tertiary/aromatic N) is 4. The number of hydrogen-bond acceptors (Lipinski definition) is 4. The van der Waals surface area contributed by atoms with Gasteiger partial charge < -0.3 is 15.2 Å². The van der Waals surface area contributed by atoms with E-state index in [1.165, 1.54) is 17.5 Å². The first-order valence-corrected chi connectivity index (χ1v) is 10.1. The Morgan fingerprint density at radius 3 is 2.87 bits per heavy atom. The van der Waals surface area contributed by atoms with Crippen molar-refractivity contribution in [3.63, 3.8) is 0 Å². The standard InChI is InChI=1S/C24H23N5O/c1-15-4-3-5-16(10-15)11-21(30)29-9-8-18-12-17(6-7-20(18)29)19-13-28(2)24-22(19)23(25)26-14-27-24/h3-7,10,12-14H,8-9,11H2,1-2H3,(H2,25,26,27). The van der Waals surface area contributed by atoms with E-state index in [9.17, 15) is 4.79 Å². The Morgan fingerprint density at radius 1 is 1.17 bits per heavy atom.